The van der Waals surface area contributed by atoms with E-state index in [4.69, 9.17) is 9.47 Å². The Morgan fingerprint density at radius 3 is 2.74 bits per heavy atom. The maximum absolute atomic E-state index is 13.3. The van der Waals surface area contributed by atoms with Gasteiger partial charge in [0, 0.05) is 50.5 Å². The lowest BCUT2D eigenvalue weighted by atomic mass is 10.0. The van der Waals surface area contributed by atoms with Crippen LogP contribution >= 0.6 is 0 Å². The van der Waals surface area contributed by atoms with Crippen molar-refractivity contribution in [3.8, 4) is 11.8 Å². The Morgan fingerprint density at radius 2 is 2.03 bits per heavy atom. The van der Waals surface area contributed by atoms with Gasteiger partial charge in [-0.3, -0.25) is 9.69 Å². The van der Waals surface area contributed by atoms with Crippen LogP contribution < -0.4 is 15.4 Å². The number of carbonyl (C=O) groups is 1. The number of nitrogens with one attached hydrogen (secondary N) is 3. The number of H-pyrrole nitrogens is 1. The topological polar surface area (TPSA) is 131 Å². The van der Waals surface area contributed by atoms with Crippen LogP contribution in [0.5, 0.6) is 5.75 Å². The van der Waals surface area contributed by atoms with E-state index in [9.17, 15) is 10.1 Å². The van der Waals surface area contributed by atoms with Crippen LogP contribution in [0.25, 0.3) is 11.0 Å². The molecule has 2 aromatic heterocycles. The minimum atomic E-state index is 0.00872. The minimum Gasteiger partial charge on any atom is -0.495 e. The zero-order valence-corrected chi connectivity index (χ0v) is 21.9. The van der Waals surface area contributed by atoms with Gasteiger partial charge in [0.1, 0.15) is 23.3 Å². The van der Waals surface area contributed by atoms with E-state index in [-0.39, 0.29) is 5.91 Å². The van der Waals surface area contributed by atoms with Crippen LogP contribution in [0.1, 0.15) is 42.1 Å². The molecule has 1 amide bonds. The standard InChI is InChI=1S/C27H34N8O3/c1-3-8-29-24-23-19(16-28)17-30-25(23)33-27(32-24)31-21-5-4-18(15-22(21)37-2)26(36)35-9-6-20(7-10-35)34-11-13-38-14-12-34/h4-5,15,17,20H,3,6-14H2,1-2H3,(H3,29,30,31,32,33). The fourth-order valence-electron chi connectivity index (χ4n) is 5.16. The highest BCUT2D eigenvalue weighted by Crippen LogP contribution is 2.31. The van der Waals surface area contributed by atoms with Crippen molar-refractivity contribution >= 4 is 34.4 Å². The highest BCUT2D eigenvalue weighted by atomic mass is 16.5. The van der Waals surface area contributed by atoms with Crippen LogP contribution in [-0.2, 0) is 4.74 Å². The Bertz CT molecular complexity index is 1320. The second-order valence-electron chi connectivity index (χ2n) is 9.57. The summed E-state index contributed by atoms with van der Waals surface area (Å²) in [6.07, 6.45) is 4.49. The van der Waals surface area contributed by atoms with E-state index in [1.165, 1.54) is 0 Å². The van der Waals surface area contributed by atoms with Crippen molar-refractivity contribution in [2.24, 2.45) is 0 Å². The Labute approximate surface area is 222 Å². The Balaban J connectivity index is 1.30. The molecule has 11 nitrogen and oxygen atoms in total. The molecule has 0 aliphatic carbocycles. The molecule has 200 valence electrons. The summed E-state index contributed by atoms with van der Waals surface area (Å²) in [6, 6.07) is 8.08. The predicted molar refractivity (Wildman–Crippen MR) is 145 cm³/mol. The number of amides is 1. The number of carbonyl (C=O) groups excluding carboxylic acids is 1. The molecular weight excluding hydrogens is 484 g/mol. The molecule has 11 heteroatoms. The molecule has 0 radical (unpaired) electrons. The molecule has 0 saturated carbocycles. The molecule has 2 aliphatic heterocycles. The maximum atomic E-state index is 13.3. The molecule has 2 aliphatic rings. The molecule has 0 unspecified atom stereocenters. The van der Waals surface area contributed by atoms with Crippen LogP contribution in [0.4, 0.5) is 17.5 Å². The summed E-state index contributed by atoms with van der Waals surface area (Å²) in [5, 5.41) is 16.6. The van der Waals surface area contributed by atoms with Gasteiger partial charge in [-0.15, -0.1) is 0 Å². The predicted octanol–water partition coefficient (Wildman–Crippen LogP) is 3.34. The zero-order valence-electron chi connectivity index (χ0n) is 21.9. The van der Waals surface area contributed by atoms with Gasteiger partial charge in [0.15, 0.2) is 0 Å². The number of hydrogen-bond donors (Lipinski definition) is 3. The van der Waals surface area contributed by atoms with Crippen LogP contribution in [0.15, 0.2) is 24.4 Å². The number of morpholine rings is 1. The third kappa shape index (κ3) is 5.37. The van der Waals surface area contributed by atoms with Gasteiger partial charge in [0.25, 0.3) is 5.91 Å². The zero-order chi connectivity index (χ0) is 26.5. The van der Waals surface area contributed by atoms with Gasteiger partial charge in [0.2, 0.25) is 5.95 Å². The monoisotopic (exact) mass is 518 g/mol. The summed E-state index contributed by atoms with van der Waals surface area (Å²) in [6.45, 7) is 7.79. The van der Waals surface area contributed by atoms with E-state index in [1.807, 2.05) is 11.0 Å². The number of likely N-dealkylation sites (tertiary alicyclic amines) is 1. The number of fused-ring (bicyclic) bond motifs is 1. The normalized spacial score (nSPS) is 16.8. The average molecular weight is 519 g/mol. The van der Waals surface area contributed by atoms with E-state index in [0.717, 1.165) is 58.7 Å². The SMILES string of the molecule is CCCNc1nc(Nc2ccc(C(=O)N3CCC(N4CCOCC4)CC3)cc2OC)nc2[nH]cc(C#N)c12. The van der Waals surface area contributed by atoms with E-state index in [1.54, 1.807) is 25.4 Å². The van der Waals surface area contributed by atoms with Gasteiger partial charge < -0.3 is 30.0 Å². The highest BCUT2D eigenvalue weighted by molar-refractivity contribution is 5.96. The molecule has 2 fully saturated rings. The van der Waals surface area contributed by atoms with Crippen LogP contribution in [0.2, 0.25) is 0 Å². The number of aromatic amines is 1. The van der Waals surface area contributed by atoms with E-state index < -0.39 is 0 Å². The fraction of sp³-hybridized carbons (Fsp3) is 0.481. The van der Waals surface area contributed by atoms with E-state index >= 15 is 0 Å². The fourth-order valence-corrected chi connectivity index (χ4v) is 5.16. The molecule has 4 heterocycles. The second kappa shape index (κ2) is 11.7. The number of benzene rings is 1. The Morgan fingerprint density at radius 1 is 1.24 bits per heavy atom. The first-order chi connectivity index (χ1) is 18.6. The lowest BCUT2D eigenvalue weighted by molar-refractivity contribution is 0.00159. The largest absolute Gasteiger partial charge is 0.495 e. The van der Waals surface area contributed by atoms with Crippen LogP contribution in [0.3, 0.4) is 0 Å². The van der Waals surface area contributed by atoms with Gasteiger partial charge in [-0.2, -0.15) is 15.2 Å². The third-order valence-electron chi connectivity index (χ3n) is 7.20. The molecule has 0 atom stereocenters. The van der Waals surface area contributed by atoms with Gasteiger partial charge >= 0.3 is 0 Å². The summed E-state index contributed by atoms with van der Waals surface area (Å²) in [5.41, 5.74) is 2.27. The van der Waals surface area contributed by atoms with Crippen molar-refractivity contribution in [1.29, 1.82) is 5.26 Å². The summed E-state index contributed by atoms with van der Waals surface area (Å²) < 4.78 is 11.1. The Hall–Kier alpha value is -3.88. The molecule has 5 rings (SSSR count). The summed E-state index contributed by atoms with van der Waals surface area (Å²) >= 11 is 0. The van der Waals surface area contributed by atoms with Gasteiger partial charge in [0.05, 0.1) is 37.0 Å². The smallest absolute Gasteiger partial charge is 0.253 e. The summed E-state index contributed by atoms with van der Waals surface area (Å²) in [7, 11) is 1.57. The molecule has 38 heavy (non-hydrogen) atoms. The van der Waals surface area contributed by atoms with Crippen molar-refractivity contribution in [3.05, 3.63) is 35.5 Å². The number of piperidine rings is 1. The number of aromatic nitrogens is 3. The number of hydrogen-bond acceptors (Lipinski definition) is 9. The van der Waals surface area contributed by atoms with Crippen LogP contribution in [-0.4, -0.2) is 89.7 Å². The molecule has 0 bridgehead atoms. The molecule has 3 aromatic rings. The molecule has 3 N–H and O–H groups in total. The van der Waals surface area contributed by atoms with Crippen molar-refractivity contribution in [2.75, 3.05) is 63.7 Å². The summed E-state index contributed by atoms with van der Waals surface area (Å²) in [5.74, 6) is 1.47. The Kier molecular flexibility index (Phi) is 7.91. The number of methoxy groups -OCH3 is 1. The maximum Gasteiger partial charge on any atom is 0.253 e. The summed E-state index contributed by atoms with van der Waals surface area (Å²) in [4.78, 5) is 29.9. The van der Waals surface area contributed by atoms with Crippen molar-refractivity contribution < 1.29 is 14.3 Å². The van der Waals surface area contributed by atoms with Crippen LogP contribution in [0, 0.1) is 11.3 Å². The lowest BCUT2D eigenvalue weighted by Gasteiger charge is -2.40. The van der Waals surface area contributed by atoms with Crippen molar-refractivity contribution in [2.45, 2.75) is 32.2 Å². The second-order valence-corrected chi connectivity index (χ2v) is 9.57. The van der Waals surface area contributed by atoms with Gasteiger partial charge in [-0.05, 0) is 37.5 Å². The molecule has 1 aromatic carbocycles. The van der Waals surface area contributed by atoms with Gasteiger partial charge in [-0.1, -0.05) is 6.92 Å². The lowest BCUT2D eigenvalue weighted by Crippen LogP contribution is -2.50. The van der Waals surface area contributed by atoms with E-state index in [2.05, 4.69) is 43.5 Å². The quantitative estimate of drug-likeness (QED) is 0.411. The number of anilines is 3. The molecule has 2 saturated heterocycles. The van der Waals surface area contributed by atoms with E-state index in [0.29, 0.717) is 58.0 Å². The number of nitrogens with zero attached hydrogens (tertiary/aromatic N) is 5. The molecule has 0 spiro atoms. The average Bonchev–Trinajstić information content (AvgIpc) is 3.39. The first-order valence-electron chi connectivity index (χ1n) is 13.2. The third-order valence-corrected chi connectivity index (χ3v) is 7.20. The molecular formula is C27H34N8O3. The highest BCUT2D eigenvalue weighted by Gasteiger charge is 2.28. The van der Waals surface area contributed by atoms with Gasteiger partial charge in [-0.25, -0.2) is 0 Å². The number of rotatable bonds is 8. The first-order valence-corrected chi connectivity index (χ1v) is 13.2. The van der Waals surface area contributed by atoms with Crippen molar-refractivity contribution in [3.63, 3.8) is 0 Å². The van der Waals surface area contributed by atoms with Crippen molar-refractivity contribution in [1.82, 2.24) is 24.8 Å². The minimum absolute atomic E-state index is 0.00872. The number of nitriles is 1. The number of ether oxygens (including phenoxy) is 2. The first kappa shape index (κ1) is 25.8.